The third-order valence-corrected chi connectivity index (χ3v) is 7.88. The summed E-state index contributed by atoms with van der Waals surface area (Å²) in [4.78, 5) is 0. The van der Waals surface area contributed by atoms with Crippen LogP contribution in [0.25, 0.3) is 0 Å². The minimum atomic E-state index is 1.32. The van der Waals surface area contributed by atoms with Crippen molar-refractivity contribution in [3.8, 4) is 0 Å². The monoisotopic (exact) mass is 272 g/mol. The zero-order valence-electron chi connectivity index (χ0n) is 5.60. The van der Waals surface area contributed by atoms with Gasteiger partial charge < -0.3 is 0 Å². The van der Waals surface area contributed by atoms with Gasteiger partial charge in [-0.25, -0.2) is 0 Å². The van der Waals surface area contributed by atoms with Crippen molar-refractivity contribution in [3.63, 3.8) is 0 Å². The zero-order valence-corrected chi connectivity index (χ0v) is 10.5. The maximum absolute atomic E-state index is 3.11. The van der Waals surface area contributed by atoms with E-state index in [4.69, 9.17) is 0 Å². The Morgan fingerprint density at radius 3 is 1.75 bits per heavy atom. The van der Waals surface area contributed by atoms with Gasteiger partial charge in [0.1, 0.15) is 0 Å². The van der Waals surface area contributed by atoms with Gasteiger partial charge in [0.2, 0.25) is 0 Å². The second-order valence-corrected chi connectivity index (χ2v) is 7.94. The molecule has 8 heteroatoms. The Hall–Kier alpha value is 1.50. The average Bonchev–Trinajstić information content (AvgIpc) is 2.74. The molecule has 0 aliphatic carbocycles. The summed E-state index contributed by atoms with van der Waals surface area (Å²) in [5, 5.41) is 4.26. The van der Waals surface area contributed by atoms with E-state index in [-0.39, 0.29) is 0 Å². The van der Waals surface area contributed by atoms with Crippen LogP contribution in [0.3, 0.4) is 0 Å². The Bertz CT molecular complexity index is 202. The molecule has 2 aliphatic rings. The van der Waals surface area contributed by atoms with Crippen LogP contribution in [0, 0.1) is 0 Å². The van der Waals surface area contributed by atoms with Crippen LogP contribution < -0.4 is 8.25 Å². The van der Waals surface area contributed by atoms with Crippen molar-refractivity contribution in [1.29, 1.82) is 0 Å². The highest BCUT2D eigenvalue weighted by Gasteiger charge is 2.11. The van der Waals surface area contributed by atoms with E-state index in [0.717, 1.165) is 0 Å². The topological polar surface area (TPSA) is 24.1 Å². The zero-order chi connectivity index (χ0) is 8.23. The van der Waals surface area contributed by atoms with Gasteiger partial charge in [0.15, 0.2) is 0 Å². The SMILES string of the molecule is C1=C(SSC2=CSNS2)SNS1. The predicted molar refractivity (Wildman–Crippen MR) is 68.0 cm³/mol. The summed E-state index contributed by atoms with van der Waals surface area (Å²) >= 11 is 6.63. The number of hydrogen-bond donors (Lipinski definition) is 2. The smallest absolute Gasteiger partial charge is 0.0752 e. The first-order chi connectivity index (χ1) is 5.95. The second kappa shape index (κ2) is 5.40. The summed E-state index contributed by atoms with van der Waals surface area (Å²) < 4.78 is 8.86. The fourth-order valence-corrected chi connectivity index (χ4v) is 6.85. The van der Waals surface area contributed by atoms with E-state index in [0.29, 0.717) is 0 Å². The molecule has 0 saturated carbocycles. The van der Waals surface area contributed by atoms with Crippen LogP contribution in [0.5, 0.6) is 0 Å². The molecule has 12 heavy (non-hydrogen) atoms. The van der Waals surface area contributed by atoms with E-state index in [2.05, 4.69) is 19.1 Å². The van der Waals surface area contributed by atoms with Crippen molar-refractivity contribution in [2.45, 2.75) is 0 Å². The molecule has 0 saturated heterocycles. The first-order valence-corrected chi connectivity index (χ1v) is 8.39. The van der Waals surface area contributed by atoms with E-state index in [9.17, 15) is 0 Å². The normalized spacial score (nSPS) is 22.7. The minimum Gasteiger partial charge on any atom is -0.199 e. The van der Waals surface area contributed by atoms with Gasteiger partial charge in [0, 0.05) is 10.8 Å². The lowest BCUT2D eigenvalue weighted by atomic mass is 11.2. The summed E-state index contributed by atoms with van der Waals surface area (Å²) in [6.07, 6.45) is 0. The van der Waals surface area contributed by atoms with Crippen LogP contribution in [-0.4, -0.2) is 0 Å². The molecule has 0 spiro atoms. The molecule has 0 fully saturated rings. The Balaban J connectivity index is 1.74. The lowest BCUT2D eigenvalue weighted by Crippen LogP contribution is -1.76. The van der Waals surface area contributed by atoms with E-state index in [1.165, 1.54) is 8.47 Å². The molecule has 0 aromatic rings. The Kier molecular flexibility index (Phi) is 4.51. The molecule has 2 nitrogen and oxygen atoms in total. The van der Waals surface area contributed by atoms with Gasteiger partial charge in [-0.15, -0.1) is 0 Å². The molecule has 0 bridgehead atoms. The first kappa shape index (κ1) is 10.0. The number of rotatable bonds is 3. The van der Waals surface area contributed by atoms with E-state index < -0.39 is 0 Å². The molecule has 0 unspecified atom stereocenters. The molecule has 2 rings (SSSR count). The molecule has 0 aromatic heterocycles. The summed E-state index contributed by atoms with van der Waals surface area (Å²) in [6, 6.07) is 0. The van der Waals surface area contributed by atoms with Crippen molar-refractivity contribution in [2.24, 2.45) is 0 Å². The van der Waals surface area contributed by atoms with Crippen molar-refractivity contribution in [2.75, 3.05) is 0 Å². The summed E-state index contributed by atoms with van der Waals surface area (Å²) in [7, 11) is 3.59. The van der Waals surface area contributed by atoms with E-state index in [1.54, 1.807) is 69.4 Å². The third-order valence-electron chi connectivity index (χ3n) is 0.897. The van der Waals surface area contributed by atoms with Crippen molar-refractivity contribution in [1.82, 2.24) is 8.25 Å². The molecule has 2 heterocycles. The molecular formula is C4H4N2S6. The van der Waals surface area contributed by atoms with Gasteiger partial charge in [-0.05, 0) is 69.4 Å². The third kappa shape index (κ3) is 3.02. The molecule has 2 aliphatic heterocycles. The molecule has 66 valence electrons. The lowest BCUT2D eigenvalue weighted by molar-refractivity contribution is 1.80. The molecule has 0 aromatic carbocycles. The maximum atomic E-state index is 3.11. The Labute approximate surface area is 96.2 Å². The van der Waals surface area contributed by atoms with Crippen LogP contribution >= 0.6 is 69.4 Å². The minimum absolute atomic E-state index is 1.32. The number of nitrogens with one attached hydrogen (secondary N) is 2. The van der Waals surface area contributed by atoms with E-state index >= 15 is 0 Å². The fraction of sp³-hybridized carbons (Fsp3) is 0. The van der Waals surface area contributed by atoms with Crippen LogP contribution in [0.1, 0.15) is 0 Å². The van der Waals surface area contributed by atoms with Gasteiger partial charge in [-0.1, -0.05) is 0 Å². The number of hydrogen-bond acceptors (Lipinski definition) is 8. The highest BCUT2D eigenvalue weighted by molar-refractivity contribution is 8.83. The summed E-state index contributed by atoms with van der Waals surface area (Å²) in [5.41, 5.74) is 0. The first-order valence-electron chi connectivity index (χ1n) is 2.85. The summed E-state index contributed by atoms with van der Waals surface area (Å²) in [6.45, 7) is 0. The molecule has 0 amide bonds. The molecular weight excluding hydrogens is 268 g/mol. The molecule has 0 radical (unpaired) electrons. The van der Waals surface area contributed by atoms with Gasteiger partial charge in [-0.2, -0.15) is 8.25 Å². The highest BCUT2D eigenvalue weighted by atomic mass is 33.1. The molecule has 2 N–H and O–H groups in total. The van der Waals surface area contributed by atoms with Gasteiger partial charge in [-0.3, -0.25) is 0 Å². The summed E-state index contributed by atoms with van der Waals surface area (Å²) in [5.74, 6) is 0. The van der Waals surface area contributed by atoms with Crippen molar-refractivity contribution < 1.29 is 0 Å². The van der Waals surface area contributed by atoms with Crippen LogP contribution in [0.15, 0.2) is 19.3 Å². The molecule has 0 atom stereocenters. The average molecular weight is 272 g/mol. The quantitative estimate of drug-likeness (QED) is 0.592. The predicted octanol–water partition coefficient (Wildman–Crippen LogP) is 3.76. The van der Waals surface area contributed by atoms with Gasteiger partial charge in [0.05, 0.1) is 8.47 Å². The van der Waals surface area contributed by atoms with Crippen LogP contribution in [-0.2, 0) is 0 Å². The van der Waals surface area contributed by atoms with Crippen LogP contribution in [0.4, 0.5) is 0 Å². The van der Waals surface area contributed by atoms with Crippen molar-refractivity contribution >= 4 is 69.4 Å². The Morgan fingerprint density at radius 2 is 1.42 bits per heavy atom. The Morgan fingerprint density at radius 1 is 0.917 bits per heavy atom. The van der Waals surface area contributed by atoms with E-state index in [1.807, 2.05) is 0 Å². The van der Waals surface area contributed by atoms with Crippen molar-refractivity contribution in [3.05, 3.63) is 19.3 Å². The largest absolute Gasteiger partial charge is 0.199 e. The van der Waals surface area contributed by atoms with Gasteiger partial charge in [0.25, 0.3) is 0 Å². The van der Waals surface area contributed by atoms with Crippen LogP contribution in [0.2, 0.25) is 0 Å². The highest BCUT2D eigenvalue weighted by Crippen LogP contribution is 2.49. The lowest BCUT2D eigenvalue weighted by Gasteiger charge is -1.97. The standard InChI is InChI=1S/C4H4N2S6/c1-3(9-5-7-1)11-12-4-2-8-6-10-4/h1-2,5-6H. The fourth-order valence-electron chi connectivity index (χ4n) is 0.478. The second-order valence-electron chi connectivity index (χ2n) is 1.65. The maximum Gasteiger partial charge on any atom is 0.0752 e. The van der Waals surface area contributed by atoms with Gasteiger partial charge >= 0.3 is 0 Å².